The van der Waals surface area contributed by atoms with Crippen LogP contribution < -0.4 is 4.74 Å². The minimum absolute atomic E-state index is 0.183. The van der Waals surface area contributed by atoms with Crippen LogP contribution in [0.15, 0.2) is 24.3 Å². The predicted molar refractivity (Wildman–Crippen MR) is 92.0 cm³/mol. The molecule has 0 saturated carbocycles. The molecule has 1 aliphatic rings. The molecule has 7 nitrogen and oxygen atoms in total. The van der Waals surface area contributed by atoms with E-state index in [-0.39, 0.29) is 17.0 Å². The van der Waals surface area contributed by atoms with Crippen molar-refractivity contribution in [1.29, 1.82) is 0 Å². The fraction of sp³-hybridized carbons (Fsp3) is 0.500. The van der Waals surface area contributed by atoms with Crippen molar-refractivity contribution >= 4 is 17.2 Å². The summed E-state index contributed by atoms with van der Waals surface area (Å²) in [4.78, 5) is 21.9. The van der Waals surface area contributed by atoms with Crippen LogP contribution in [0.1, 0.15) is 51.0 Å². The third-order valence-corrected chi connectivity index (χ3v) is 4.01. The number of hydrogen-bond acceptors (Lipinski definition) is 6. The van der Waals surface area contributed by atoms with E-state index in [2.05, 4.69) is 11.7 Å². The van der Waals surface area contributed by atoms with Gasteiger partial charge in [-0.2, -0.15) is 0 Å². The van der Waals surface area contributed by atoms with Gasteiger partial charge in [-0.1, -0.05) is 45.1 Å². The molecule has 0 saturated heterocycles. The molecule has 1 aromatic rings. The molecule has 0 amide bonds. The van der Waals surface area contributed by atoms with E-state index in [0.717, 1.165) is 25.3 Å². The lowest BCUT2D eigenvalue weighted by molar-refractivity contribution is -0.385. The molecule has 1 unspecified atom stereocenters. The Hall–Kier alpha value is -2.41. The minimum atomic E-state index is -1.40. The molecule has 1 aliphatic heterocycles. The van der Waals surface area contributed by atoms with Gasteiger partial charge in [0.05, 0.1) is 11.5 Å². The van der Waals surface area contributed by atoms with Crippen LogP contribution in [0, 0.1) is 10.1 Å². The SMILES string of the molecule is CCCCCCCCOc1ccc(C2=CC(=O)OC2O)cc1[N+](=O)[O-]. The highest BCUT2D eigenvalue weighted by Gasteiger charge is 2.27. The van der Waals surface area contributed by atoms with Crippen LogP contribution in [0.25, 0.3) is 5.57 Å². The van der Waals surface area contributed by atoms with Crippen molar-refractivity contribution in [1.82, 2.24) is 0 Å². The van der Waals surface area contributed by atoms with Gasteiger partial charge >= 0.3 is 11.7 Å². The average molecular weight is 349 g/mol. The van der Waals surface area contributed by atoms with E-state index in [0.29, 0.717) is 12.2 Å². The number of hydrogen-bond donors (Lipinski definition) is 1. The predicted octanol–water partition coefficient (Wildman–Crippen LogP) is 3.59. The topological polar surface area (TPSA) is 98.9 Å². The maximum absolute atomic E-state index is 11.3. The molecule has 1 aromatic carbocycles. The van der Waals surface area contributed by atoms with E-state index in [4.69, 9.17) is 4.74 Å². The average Bonchev–Trinajstić information content (AvgIpc) is 2.92. The van der Waals surface area contributed by atoms with Crippen LogP contribution in [-0.4, -0.2) is 28.9 Å². The molecule has 1 atom stereocenters. The summed E-state index contributed by atoms with van der Waals surface area (Å²) in [6.07, 6.45) is 6.35. The van der Waals surface area contributed by atoms with Gasteiger partial charge in [-0.25, -0.2) is 4.79 Å². The summed E-state index contributed by atoms with van der Waals surface area (Å²) in [5, 5.41) is 20.9. The van der Waals surface area contributed by atoms with Crippen LogP contribution in [-0.2, 0) is 9.53 Å². The van der Waals surface area contributed by atoms with Crippen molar-refractivity contribution in [2.24, 2.45) is 0 Å². The van der Waals surface area contributed by atoms with Crippen molar-refractivity contribution in [3.8, 4) is 5.75 Å². The molecule has 1 N–H and O–H groups in total. The molecular weight excluding hydrogens is 326 g/mol. The smallest absolute Gasteiger partial charge is 0.333 e. The Balaban J connectivity index is 1.98. The molecule has 0 fully saturated rings. The Morgan fingerprint density at radius 3 is 2.60 bits per heavy atom. The quantitative estimate of drug-likeness (QED) is 0.300. The number of benzene rings is 1. The van der Waals surface area contributed by atoms with Gasteiger partial charge in [0.25, 0.3) is 0 Å². The Kier molecular flexibility index (Phi) is 6.94. The zero-order valence-electron chi connectivity index (χ0n) is 14.3. The summed E-state index contributed by atoms with van der Waals surface area (Å²) in [7, 11) is 0. The molecule has 25 heavy (non-hydrogen) atoms. The number of nitro groups is 1. The Morgan fingerprint density at radius 2 is 1.96 bits per heavy atom. The number of cyclic esters (lactones) is 1. The molecule has 7 heteroatoms. The lowest BCUT2D eigenvalue weighted by Gasteiger charge is -2.10. The van der Waals surface area contributed by atoms with Crippen molar-refractivity contribution in [3.63, 3.8) is 0 Å². The molecular formula is C18H23NO6. The fourth-order valence-corrected chi connectivity index (χ4v) is 2.66. The monoisotopic (exact) mass is 349 g/mol. The van der Waals surface area contributed by atoms with Crippen LogP contribution in [0.4, 0.5) is 5.69 Å². The summed E-state index contributed by atoms with van der Waals surface area (Å²) < 4.78 is 10.2. The summed E-state index contributed by atoms with van der Waals surface area (Å²) in [5.41, 5.74) is 0.364. The zero-order valence-corrected chi connectivity index (χ0v) is 14.3. The van der Waals surface area contributed by atoms with E-state index in [1.807, 2.05) is 0 Å². The summed E-state index contributed by atoms with van der Waals surface area (Å²) in [5.74, 6) is -0.490. The van der Waals surface area contributed by atoms with Gasteiger partial charge in [-0.15, -0.1) is 0 Å². The maximum Gasteiger partial charge on any atom is 0.333 e. The summed E-state index contributed by atoms with van der Waals surface area (Å²) in [6.45, 7) is 2.58. The first-order chi connectivity index (χ1) is 12.0. The first-order valence-corrected chi connectivity index (χ1v) is 8.54. The van der Waals surface area contributed by atoms with Crippen molar-refractivity contribution < 1.29 is 24.3 Å². The van der Waals surface area contributed by atoms with Crippen molar-refractivity contribution in [2.45, 2.75) is 51.7 Å². The molecule has 0 bridgehead atoms. The van der Waals surface area contributed by atoms with Crippen molar-refractivity contribution in [3.05, 3.63) is 40.0 Å². The Morgan fingerprint density at radius 1 is 1.24 bits per heavy atom. The number of nitrogens with zero attached hydrogens (tertiary/aromatic N) is 1. The van der Waals surface area contributed by atoms with E-state index in [1.54, 1.807) is 6.07 Å². The maximum atomic E-state index is 11.3. The van der Waals surface area contributed by atoms with Crippen LogP contribution in [0.2, 0.25) is 0 Å². The van der Waals surface area contributed by atoms with Gasteiger partial charge in [0.1, 0.15) is 0 Å². The highest BCUT2D eigenvalue weighted by molar-refractivity contribution is 5.96. The number of unbranched alkanes of at least 4 members (excludes halogenated alkanes) is 5. The van der Waals surface area contributed by atoms with E-state index >= 15 is 0 Å². The molecule has 1 heterocycles. The molecule has 0 radical (unpaired) electrons. The largest absolute Gasteiger partial charge is 0.487 e. The lowest BCUT2D eigenvalue weighted by Crippen LogP contribution is -2.09. The lowest BCUT2D eigenvalue weighted by atomic mass is 10.0. The van der Waals surface area contributed by atoms with Crippen LogP contribution in [0.3, 0.4) is 0 Å². The number of esters is 1. The molecule has 0 aliphatic carbocycles. The van der Waals surface area contributed by atoms with Gasteiger partial charge in [-0.05, 0) is 18.1 Å². The van der Waals surface area contributed by atoms with E-state index < -0.39 is 17.2 Å². The zero-order chi connectivity index (χ0) is 18.2. The van der Waals surface area contributed by atoms with Gasteiger partial charge < -0.3 is 14.6 Å². The number of carbonyl (C=O) groups excluding carboxylic acids is 1. The summed E-state index contributed by atoms with van der Waals surface area (Å²) >= 11 is 0. The number of rotatable bonds is 10. The molecule has 0 aromatic heterocycles. The third-order valence-electron chi connectivity index (χ3n) is 4.01. The van der Waals surface area contributed by atoms with Gasteiger partial charge in [-0.3, -0.25) is 10.1 Å². The van der Waals surface area contributed by atoms with Crippen molar-refractivity contribution in [2.75, 3.05) is 6.61 Å². The molecule has 136 valence electrons. The molecule has 0 spiro atoms. The number of nitro benzene ring substituents is 1. The van der Waals surface area contributed by atoms with Gasteiger partial charge in [0.15, 0.2) is 5.75 Å². The Labute approximate surface area is 146 Å². The number of aliphatic hydroxyl groups is 1. The first-order valence-electron chi connectivity index (χ1n) is 8.54. The molecule has 2 rings (SSSR count). The van der Waals surface area contributed by atoms with E-state index in [1.165, 1.54) is 31.4 Å². The summed E-state index contributed by atoms with van der Waals surface area (Å²) in [6, 6.07) is 4.34. The second kappa shape index (κ2) is 9.17. The second-order valence-electron chi connectivity index (χ2n) is 5.94. The van der Waals surface area contributed by atoms with Crippen LogP contribution in [0.5, 0.6) is 5.75 Å². The van der Waals surface area contributed by atoms with E-state index in [9.17, 15) is 20.0 Å². The number of carbonyl (C=O) groups is 1. The second-order valence-corrected chi connectivity index (χ2v) is 5.94. The standard InChI is InChI=1S/C18H23NO6/c1-2-3-4-5-6-7-10-24-16-9-8-13(11-15(16)19(22)23)14-12-17(20)25-18(14)21/h8-9,11-12,18,21H,2-7,10H2,1H3. The Bertz CT molecular complexity index is 655. The fourth-order valence-electron chi connectivity index (χ4n) is 2.66. The number of ether oxygens (including phenoxy) is 2. The minimum Gasteiger partial charge on any atom is -0.487 e. The highest BCUT2D eigenvalue weighted by Crippen LogP contribution is 2.33. The normalized spacial score (nSPS) is 16.5. The first kappa shape index (κ1) is 18.9. The van der Waals surface area contributed by atoms with Gasteiger partial charge in [0, 0.05) is 17.7 Å². The number of aliphatic hydroxyl groups excluding tert-OH is 1. The van der Waals surface area contributed by atoms with Crippen LogP contribution >= 0.6 is 0 Å². The highest BCUT2D eigenvalue weighted by atomic mass is 16.6. The third kappa shape index (κ3) is 5.29. The van der Waals surface area contributed by atoms with Gasteiger partial charge in [0.2, 0.25) is 6.29 Å².